The molecule has 1 N–H and O–H groups in total. The first-order chi connectivity index (χ1) is 14.7. The highest BCUT2D eigenvalue weighted by Crippen LogP contribution is 2.53. The molecule has 2 atom stereocenters. The van der Waals surface area contributed by atoms with E-state index in [1.165, 1.54) is 6.07 Å². The summed E-state index contributed by atoms with van der Waals surface area (Å²) in [5, 5.41) is 2.55. The van der Waals surface area contributed by atoms with Gasteiger partial charge in [-0.3, -0.25) is 10.1 Å². The number of carbonyl (C=O) groups is 2. The fraction of sp³-hybridized carbons (Fsp3) is 0.417. The van der Waals surface area contributed by atoms with Crippen molar-refractivity contribution in [3.05, 3.63) is 59.9 Å². The van der Waals surface area contributed by atoms with Crippen LogP contribution in [0.4, 0.5) is 20.6 Å². The lowest BCUT2D eigenvalue weighted by atomic mass is 10.2. The summed E-state index contributed by atoms with van der Waals surface area (Å²) in [6.07, 6.45) is -0.640. The lowest BCUT2D eigenvalue weighted by Crippen LogP contribution is -2.30. The van der Waals surface area contributed by atoms with Crippen molar-refractivity contribution in [1.29, 1.82) is 0 Å². The fourth-order valence-corrected chi connectivity index (χ4v) is 4.16. The van der Waals surface area contributed by atoms with Gasteiger partial charge in [0, 0.05) is 18.8 Å². The van der Waals surface area contributed by atoms with Crippen LogP contribution < -0.4 is 10.2 Å². The van der Waals surface area contributed by atoms with Gasteiger partial charge in [-0.1, -0.05) is 30.3 Å². The van der Waals surface area contributed by atoms with Crippen LogP contribution in [-0.4, -0.2) is 30.8 Å². The number of anilines is 2. The average Bonchev–Trinajstić information content (AvgIpc) is 3.21. The molecule has 1 aliphatic heterocycles. The van der Waals surface area contributed by atoms with Gasteiger partial charge in [-0.05, 0) is 56.4 Å². The normalized spacial score (nSPS) is 21.9. The summed E-state index contributed by atoms with van der Waals surface area (Å²) < 4.78 is 25.3. The maximum atomic E-state index is 14.7. The van der Waals surface area contributed by atoms with Crippen molar-refractivity contribution < 1.29 is 23.5 Å². The van der Waals surface area contributed by atoms with Crippen LogP contribution in [-0.2, 0) is 20.9 Å². The molecule has 7 heteroatoms. The highest BCUT2D eigenvalue weighted by molar-refractivity contribution is 5.85. The van der Waals surface area contributed by atoms with Crippen LogP contribution >= 0.6 is 0 Å². The minimum absolute atomic E-state index is 0.0844. The Morgan fingerprint density at radius 2 is 1.77 bits per heavy atom. The Bertz CT molecular complexity index is 961. The van der Waals surface area contributed by atoms with Gasteiger partial charge in [-0.25, -0.2) is 9.18 Å². The van der Waals surface area contributed by atoms with E-state index < -0.39 is 17.5 Å². The summed E-state index contributed by atoms with van der Waals surface area (Å²) in [6, 6.07) is 13.9. The molecule has 0 radical (unpaired) electrons. The topological polar surface area (TPSA) is 67.9 Å². The van der Waals surface area contributed by atoms with Gasteiger partial charge < -0.3 is 14.4 Å². The summed E-state index contributed by atoms with van der Waals surface area (Å²) in [5.74, 6) is -0.244. The van der Waals surface area contributed by atoms with E-state index in [1.807, 2.05) is 56.0 Å². The van der Waals surface area contributed by atoms with Crippen molar-refractivity contribution in [2.24, 2.45) is 17.8 Å². The van der Waals surface area contributed by atoms with Gasteiger partial charge in [0.2, 0.25) is 0 Å². The van der Waals surface area contributed by atoms with E-state index in [9.17, 15) is 14.0 Å². The third-order valence-electron chi connectivity index (χ3n) is 5.62. The standard InChI is InChI=1S/C24H27FN2O4/c1-24(2,3)31-22(28)21-17-12-27(13-18(17)21)20-10-9-16(11-19(20)25)26-23(29)30-14-15-7-5-4-6-8-15/h4-11,17-18,21H,12-14H2,1-3H3,(H,26,29). The molecule has 1 heterocycles. The Kier molecular flexibility index (Phi) is 5.60. The van der Waals surface area contributed by atoms with Gasteiger partial charge >= 0.3 is 12.1 Å². The Morgan fingerprint density at radius 1 is 1.10 bits per heavy atom. The van der Waals surface area contributed by atoms with Crippen LogP contribution in [0.3, 0.4) is 0 Å². The molecule has 2 aromatic rings. The number of nitrogens with one attached hydrogen (secondary N) is 1. The second-order valence-corrected chi connectivity index (χ2v) is 9.14. The SMILES string of the molecule is CC(C)(C)OC(=O)C1C2CN(c3ccc(NC(=O)OCc4ccccc4)cc3F)CC21. The Labute approximate surface area is 181 Å². The summed E-state index contributed by atoms with van der Waals surface area (Å²) in [4.78, 5) is 26.2. The molecule has 1 aliphatic carbocycles. The molecule has 1 saturated carbocycles. The largest absolute Gasteiger partial charge is 0.460 e. The number of rotatable bonds is 5. The Balaban J connectivity index is 1.29. The number of halogens is 1. The lowest BCUT2D eigenvalue weighted by Gasteiger charge is -2.24. The molecule has 0 bridgehead atoms. The number of piperidine rings is 1. The van der Waals surface area contributed by atoms with E-state index >= 15 is 0 Å². The molecule has 1 amide bonds. The minimum atomic E-state index is -0.640. The highest BCUT2D eigenvalue weighted by atomic mass is 19.1. The third kappa shape index (κ3) is 4.98. The summed E-state index contributed by atoms with van der Waals surface area (Å²) in [6.45, 7) is 6.96. The van der Waals surface area contributed by atoms with Crippen molar-refractivity contribution in [3.63, 3.8) is 0 Å². The van der Waals surface area contributed by atoms with Gasteiger partial charge in [0.1, 0.15) is 18.0 Å². The average molecular weight is 426 g/mol. The van der Waals surface area contributed by atoms with Gasteiger partial charge in [0.25, 0.3) is 0 Å². The number of carbonyl (C=O) groups excluding carboxylic acids is 2. The number of nitrogens with zero attached hydrogens (tertiary/aromatic N) is 1. The monoisotopic (exact) mass is 426 g/mol. The molecular weight excluding hydrogens is 399 g/mol. The lowest BCUT2D eigenvalue weighted by molar-refractivity contribution is -0.157. The molecule has 31 heavy (non-hydrogen) atoms. The fourth-order valence-electron chi connectivity index (χ4n) is 4.16. The maximum Gasteiger partial charge on any atom is 0.411 e. The zero-order chi connectivity index (χ0) is 22.2. The number of amides is 1. The van der Waals surface area contributed by atoms with E-state index in [0.717, 1.165) is 5.56 Å². The van der Waals surface area contributed by atoms with E-state index in [1.54, 1.807) is 12.1 Å². The molecule has 0 spiro atoms. The van der Waals surface area contributed by atoms with E-state index in [-0.39, 0.29) is 30.3 Å². The van der Waals surface area contributed by atoms with Crippen molar-refractivity contribution in [1.82, 2.24) is 0 Å². The molecule has 4 rings (SSSR count). The molecule has 6 nitrogen and oxygen atoms in total. The van der Waals surface area contributed by atoms with Crippen molar-refractivity contribution in [2.75, 3.05) is 23.3 Å². The van der Waals surface area contributed by atoms with Gasteiger partial charge in [0.15, 0.2) is 0 Å². The first kappa shape index (κ1) is 21.2. The zero-order valence-corrected chi connectivity index (χ0v) is 17.9. The number of ether oxygens (including phenoxy) is 2. The van der Waals surface area contributed by atoms with E-state index in [4.69, 9.17) is 9.47 Å². The van der Waals surface area contributed by atoms with E-state index in [0.29, 0.717) is 24.5 Å². The van der Waals surface area contributed by atoms with Crippen molar-refractivity contribution in [3.8, 4) is 0 Å². The second kappa shape index (κ2) is 8.21. The smallest absolute Gasteiger partial charge is 0.411 e. The maximum absolute atomic E-state index is 14.7. The first-order valence-electron chi connectivity index (χ1n) is 10.5. The highest BCUT2D eigenvalue weighted by Gasteiger charge is 2.61. The summed E-state index contributed by atoms with van der Waals surface area (Å²) in [7, 11) is 0. The zero-order valence-electron chi connectivity index (χ0n) is 17.9. The molecule has 1 saturated heterocycles. The van der Waals surface area contributed by atoms with Gasteiger partial charge in [-0.2, -0.15) is 0 Å². The molecule has 2 aromatic carbocycles. The molecule has 2 aliphatic rings. The predicted octanol–water partition coefficient (Wildman–Crippen LogP) is 4.60. The number of hydrogen-bond donors (Lipinski definition) is 1. The minimum Gasteiger partial charge on any atom is -0.460 e. The molecule has 164 valence electrons. The molecule has 2 fully saturated rings. The van der Waals surface area contributed by atoms with Crippen LogP contribution in [0.2, 0.25) is 0 Å². The Morgan fingerprint density at radius 3 is 2.39 bits per heavy atom. The third-order valence-corrected chi connectivity index (χ3v) is 5.62. The summed E-state index contributed by atoms with van der Waals surface area (Å²) in [5.41, 5.74) is 1.18. The van der Waals surface area contributed by atoms with Crippen LogP contribution in [0, 0.1) is 23.6 Å². The predicted molar refractivity (Wildman–Crippen MR) is 115 cm³/mol. The first-order valence-corrected chi connectivity index (χ1v) is 10.5. The Hall–Kier alpha value is -3.09. The number of hydrogen-bond acceptors (Lipinski definition) is 5. The van der Waals surface area contributed by atoms with Gasteiger partial charge in [0.05, 0.1) is 11.6 Å². The van der Waals surface area contributed by atoms with Crippen LogP contribution in [0.25, 0.3) is 0 Å². The molecule has 2 unspecified atom stereocenters. The van der Waals surface area contributed by atoms with Crippen LogP contribution in [0.5, 0.6) is 0 Å². The van der Waals surface area contributed by atoms with Gasteiger partial charge in [-0.15, -0.1) is 0 Å². The second-order valence-electron chi connectivity index (χ2n) is 9.14. The quantitative estimate of drug-likeness (QED) is 0.708. The molecular formula is C24H27FN2O4. The van der Waals surface area contributed by atoms with Crippen LogP contribution in [0.15, 0.2) is 48.5 Å². The van der Waals surface area contributed by atoms with Crippen molar-refractivity contribution in [2.45, 2.75) is 33.0 Å². The number of fused-ring (bicyclic) bond motifs is 1. The number of benzene rings is 2. The van der Waals surface area contributed by atoms with Crippen LogP contribution in [0.1, 0.15) is 26.3 Å². The van der Waals surface area contributed by atoms with E-state index in [2.05, 4.69) is 5.32 Å². The van der Waals surface area contributed by atoms with Crippen molar-refractivity contribution >= 4 is 23.4 Å². The molecule has 0 aromatic heterocycles. The number of esters is 1. The summed E-state index contributed by atoms with van der Waals surface area (Å²) >= 11 is 0.